The second kappa shape index (κ2) is 6.93. The minimum atomic E-state index is 0.762. The van der Waals surface area contributed by atoms with Gasteiger partial charge in [0.15, 0.2) is 0 Å². The molecule has 1 N–H and O–H groups in total. The standard InChI is InChI=1S/C15H27N3/c1-13(2)14-5-7-15(8-6-14)16-9-3-11-18-12-4-10-17-18/h4,10,12-16H,3,5-9,11H2,1-2H3. The van der Waals surface area contributed by atoms with Crippen molar-refractivity contribution in [2.45, 2.75) is 58.5 Å². The van der Waals surface area contributed by atoms with Crippen LogP contribution in [0.3, 0.4) is 0 Å². The van der Waals surface area contributed by atoms with Crippen LogP contribution in [0.15, 0.2) is 18.5 Å². The molecule has 0 aromatic carbocycles. The molecule has 0 spiro atoms. The Labute approximate surface area is 111 Å². The van der Waals surface area contributed by atoms with Crippen LogP contribution in [0.5, 0.6) is 0 Å². The van der Waals surface area contributed by atoms with Crippen molar-refractivity contribution in [1.29, 1.82) is 0 Å². The predicted molar refractivity (Wildman–Crippen MR) is 75.4 cm³/mol. The summed E-state index contributed by atoms with van der Waals surface area (Å²) >= 11 is 0. The number of nitrogens with zero attached hydrogens (tertiary/aromatic N) is 2. The van der Waals surface area contributed by atoms with Crippen LogP contribution < -0.4 is 5.32 Å². The third-order valence-electron chi connectivity index (χ3n) is 4.27. The highest BCUT2D eigenvalue weighted by Gasteiger charge is 2.22. The molecule has 0 aliphatic heterocycles. The molecule has 3 heteroatoms. The Bertz CT molecular complexity index is 310. The molecule has 0 unspecified atom stereocenters. The SMILES string of the molecule is CC(C)C1CCC(NCCCn2cccn2)CC1. The summed E-state index contributed by atoms with van der Waals surface area (Å²) in [5.74, 6) is 1.83. The van der Waals surface area contributed by atoms with E-state index in [9.17, 15) is 0 Å². The minimum Gasteiger partial charge on any atom is -0.314 e. The molecule has 102 valence electrons. The molecule has 1 saturated carbocycles. The van der Waals surface area contributed by atoms with Crippen molar-refractivity contribution in [3.05, 3.63) is 18.5 Å². The maximum Gasteiger partial charge on any atom is 0.0489 e. The van der Waals surface area contributed by atoms with Gasteiger partial charge in [-0.05, 0) is 56.6 Å². The van der Waals surface area contributed by atoms with Crippen LogP contribution in [0.1, 0.15) is 46.0 Å². The normalized spacial score (nSPS) is 24.6. The van der Waals surface area contributed by atoms with Crippen LogP contribution in [-0.2, 0) is 6.54 Å². The number of hydrogen-bond acceptors (Lipinski definition) is 2. The quantitative estimate of drug-likeness (QED) is 0.785. The van der Waals surface area contributed by atoms with Crippen LogP contribution in [0.4, 0.5) is 0 Å². The molecule has 1 aliphatic rings. The van der Waals surface area contributed by atoms with Gasteiger partial charge in [-0.1, -0.05) is 13.8 Å². The number of nitrogens with one attached hydrogen (secondary N) is 1. The third-order valence-corrected chi connectivity index (χ3v) is 4.27. The molecule has 1 aliphatic carbocycles. The summed E-state index contributed by atoms with van der Waals surface area (Å²) in [5, 5.41) is 7.92. The van der Waals surface area contributed by atoms with Gasteiger partial charge in [0.1, 0.15) is 0 Å². The molecule has 1 fully saturated rings. The Kier molecular flexibility index (Phi) is 5.24. The highest BCUT2D eigenvalue weighted by molar-refractivity contribution is 4.79. The van der Waals surface area contributed by atoms with E-state index in [0.29, 0.717) is 0 Å². The zero-order valence-corrected chi connectivity index (χ0v) is 11.8. The average molecular weight is 249 g/mol. The maximum absolute atomic E-state index is 4.22. The molecule has 0 saturated heterocycles. The lowest BCUT2D eigenvalue weighted by Gasteiger charge is -2.31. The molecule has 0 radical (unpaired) electrons. The fourth-order valence-corrected chi connectivity index (χ4v) is 2.97. The van der Waals surface area contributed by atoms with Gasteiger partial charge in [-0.25, -0.2) is 0 Å². The number of rotatable bonds is 6. The Morgan fingerprint density at radius 2 is 2.06 bits per heavy atom. The Morgan fingerprint density at radius 1 is 1.28 bits per heavy atom. The summed E-state index contributed by atoms with van der Waals surface area (Å²) in [4.78, 5) is 0. The van der Waals surface area contributed by atoms with Crippen molar-refractivity contribution in [2.75, 3.05) is 6.54 Å². The van der Waals surface area contributed by atoms with Gasteiger partial charge in [-0.2, -0.15) is 5.10 Å². The van der Waals surface area contributed by atoms with Crippen molar-refractivity contribution >= 4 is 0 Å². The largest absolute Gasteiger partial charge is 0.314 e. The molecule has 1 heterocycles. The molecule has 0 amide bonds. The van der Waals surface area contributed by atoms with Crippen molar-refractivity contribution in [3.63, 3.8) is 0 Å². The van der Waals surface area contributed by atoms with Crippen molar-refractivity contribution in [1.82, 2.24) is 15.1 Å². The Morgan fingerprint density at radius 3 is 2.67 bits per heavy atom. The summed E-state index contributed by atoms with van der Waals surface area (Å²) < 4.78 is 2.01. The molecule has 3 nitrogen and oxygen atoms in total. The van der Waals surface area contributed by atoms with E-state index in [-0.39, 0.29) is 0 Å². The number of aryl methyl sites for hydroxylation is 1. The second-order valence-electron chi connectivity index (χ2n) is 5.93. The first-order chi connectivity index (χ1) is 8.75. The summed E-state index contributed by atoms with van der Waals surface area (Å²) in [6.07, 6.45) is 10.6. The van der Waals surface area contributed by atoms with Crippen molar-refractivity contribution < 1.29 is 0 Å². The fraction of sp³-hybridized carbons (Fsp3) is 0.800. The highest BCUT2D eigenvalue weighted by atomic mass is 15.3. The van der Waals surface area contributed by atoms with Gasteiger partial charge in [0.25, 0.3) is 0 Å². The van der Waals surface area contributed by atoms with E-state index in [1.165, 1.54) is 32.1 Å². The van der Waals surface area contributed by atoms with E-state index in [1.807, 2.05) is 23.1 Å². The van der Waals surface area contributed by atoms with Crippen LogP contribution >= 0.6 is 0 Å². The van der Waals surface area contributed by atoms with E-state index < -0.39 is 0 Å². The van der Waals surface area contributed by atoms with Gasteiger partial charge >= 0.3 is 0 Å². The molecular weight excluding hydrogens is 222 g/mol. The van der Waals surface area contributed by atoms with Crippen LogP contribution in [-0.4, -0.2) is 22.4 Å². The first kappa shape index (κ1) is 13.6. The zero-order valence-electron chi connectivity index (χ0n) is 11.8. The van der Waals surface area contributed by atoms with Crippen LogP contribution in [0.2, 0.25) is 0 Å². The molecule has 1 aromatic heterocycles. The lowest BCUT2D eigenvalue weighted by atomic mass is 9.80. The van der Waals surface area contributed by atoms with E-state index in [0.717, 1.165) is 31.0 Å². The molecule has 0 atom stereocenters. The van der Waals surface area contributed by atoms with Crippen molar-refractivity contribution in [3.8, 4) is 0 Å². The fourth-order valence-electron chi connectivity index (χ4n) is 2.97. The minimum absolute atomic E-state index is 0.762. The highest BCUT2D eigenvalue weighted by Crippen LogP contribution is 2.29. The Balaban J connectivity index is 1.55. The van der Waals surface area contributed by atoms with Gasteiger partial charge in [0, 0.05) is 25.0 Å². The van der Waals surface area contributed by atoms with Gasteiger partial charge in [0.2, 0.25) is 0 Å². The summed E-state index contributed by atoms with van der Waals surface area (Å²) in [7, 11) is 0. The van der Waals surface area contributed by atoms with E-state index in [4.69, 9.17) is 0 Å². The summed E-state index contributed by atoms with van der Waals surface area (Å²) in [5.41, 5.74) is 0. The number of hydrogen-bond donors (Lipinski definition) is 1. The lowest BCUT2D eigenvalue weighted by Crippen LogP contribution is -2.35. The molecular formula is C15H27N3. The topological polar surface area (TPSA) is 29.9 Å². The van der Waals surface area contributed by atoms with Gasteiger partial charge in [-0.15, -0.1) is 0 Å². The van der Waals surface area contributed by atoms with Crippen LogP contribution in [0.25, 0.3) is 0 Å². The monoisotopic (exact) mass is 249 g/mol. The molecule has 18 heavy (non-hydrogen) atoms. The summed E-state index contributed by atoms with van der Waals surface area (Å²) in [6, 6.07) is 2.75. The lowest BCUT2D eigenvalue weighted by molar-refractivity contribution is 0.238. The smallest absolute Gasteiger partial charge is 0.0489 e. The number of aromatic nitrogens is 2. The first-order valence-corrected chi connectivity index (χ1v) is 7.46. The molecule has 1 aromatic rings. The van der Waals surface area contributed by atoms with Gasteiger partial charge in [-0.3, -0.25) is 4.68 Å². The molecule has 0 bridgehead atoms. The Hall–Kier alpha value is -0.830. The zero-order chi connectivity index (χ0) is 12.8. The first-order valence-electron chi connectivity index (χ1n) is 7.46. The summed E-state index contributed by atoms with van der Waals surface area (Å²) in [6.45, 7) is 6.88. The predicted octanol–water partition coefficient (Wildman–Crippen LogP) is 3.08. The maximum atomic E-state index is 4.22. The molecule has 2 rings (SSSR count). The van der Waals surface area contributed by atoms with Gasteiger partial charge in [0.05, 0.1) is 0 Å². The average Bonchev–Trinajstić information content (AvgIpc) is 2.88. The second-order valence-corrected chi connectivity index (χ2v) is 5.93. The third kappa shape index (κ3) is 4.13. The van der Waals surface area contributed by atoms with E-state index in [2.05, 4.69) is 24.3 Å². The van der Waals surface area contributed by atoms with Gasteiger partial charge < -0.3 is 5.32 Å². The van der Waals surface area contributed by atoms with Crippen LogP contribution in [0, 0.1) is 11.8 Å². The van der Waals surface area contributed by atoms with E-state index >= 15 is 0 Å². The van der Waals surface area contributed by atoms with E-state index in [1.54, 1.807) is 0 Å². The van der Waals surface area contributed by atoms with Crippen molar-refractivity contribution in [2.24, 2.45) is 11.8 Å².